The molecule has 0 saturated heterocycles. The monoisotopic (exact) mass is 301 g/mol. The molecule has 0 aliphatic heterocycles. The number of hydrazine groups is 1. The molecule has 1 rings (SSSR count). The average Bonchev–Trinajstić information content (AvgIpc) is 2.51. The molecule has 1 atom stereocenters. The van der Waals surface area contributed by atoms with E-state index in [9.17, 15) is 9.59 Å². The number of nitrogens with two attached hydrogens (primary N) is 1. The highest BCUT2D eigenvalue weighted by atomic mass is 16.2. The van der Waals surface area contributed by atoms with E-state index in [1.807, 2.05) is 68.6 Å². The molecule has 0 saturated carbocycles. The summed E-state index contributed by atoms with van der Waals surface area (Å²) in [5.41, 5.74) is 4.56. The smallest absolute Gasteiger partial charge is 0.257 e. The number of ketones is 1. The number of rotatable bonds is 6. The molecule has 0 unspecified atom stereocenters. The Morgan fingerprint density at radius 1 is 1.18 bits per heavy atom. The minimum absolute atomic E-state index is 0.0429. The van der Waals surface area contributed by atoms with E-state index in [4.69, 9.17) is 5.84 Å². The lowest BCUT2D eigenvalue weighted by molar-refractivity contribution is -0.116. The SMILES string of the molecule is CC(/C=C/C(=O)NN)=C\[C@@H](C)C(=O)c1ccc(N(C)C)cc1. The average molecular weight is 301 g/mol. The number of nitrogens with one attached hydrogen (secondary N) is 1. The maximum atomic E-state index is 12.4. The first-order valence-corrected chi connectivity index (χ1v) is 7.04. The molecule has 0 aliphatic rings. The van der Waals surface area contributed by atoms with Crippen molar-refractivity contribution < 1.29 is 9.59 Å². The van der Waals surface area contributed by atoms with Gasteiger partial charge in [-0.2, -0.15) is 0 Å². The van der Waals surface area contributed by atoms with Gasteiger partial charge in [-0.3, -0.25) is 15.0 Å². The third kappa shape index (κ3) is 5.18. The number of allylic oxidation sites excluding steroid dienone is 3. The molecule has 0 heterocycles. The van der Waals surface area contributed by atoms with Gasteiger partial charge in [0, 0.05) is 37.3 Å². The normalized spacial score (nSPS) is 13.0. The molecule has 0 spiro atoms. The lowest BCUT2D eigenvalue weighted by Crippen LogP contribution is -2.27. The lowest BCUT2D eigenvalue weighted by Gasteiger charge is -2.13. The Labute approximate surface area is 131 Å². The summed E-state index contributed by atoms with van der Waals surface area (Å²) >= 11 is 0. The van der Waals surface area contributed by atoms with Crippen LogP contribution in [0.1, 0.15) is 24.2 Å². The summed E-state index contributed by atoms with van der Waals surface area (Å²) in [7, 11) is 3.91. The number of carbonyl (C=O) groups is 2. The van der Waals surface area contributed by atoms with Gasteiger partial charge in [0.05, 0.1) is 0 Å². The van der Waals surface area contributed by atoms with E-state index in [0.717, 1.165) is 11.3 Å². The van der Waals surface area contributed by atoms with E-state index in [1.54, 1.807) is 6.08 Å². The Hall–Kier alpha value is -2.40. The maximum absolute atomic E-state index is 12.4. The molecule has 0 aromatic heterocycles. The molecule has 0 bridgehead atoms. The topological polar surface area (TPSA) is 75.4 Å². The van der Waals surface area contributed by atoms with Gasteiger partial charge in [0.2, 0.25) is 0 Å². The third-order valence-electron chi connectivity index (χ3n) is 3.23. The number of amides is 1. The van der Waals surface area contributed by atoms with E-state index in [-0.39, 0.29) is 17.6 Å². The third-order valence-corrected chi connectivity index (χ3v) is 3.23. The van der Waals surface area contributed by atoms with Crippen molar-refractivity contribution in [3.63, 3.8) is 0 Å². The van der Waals surface area contributed by atoms with Crippen molar-refractivity contribution in [2.45, 2.75) is 13.8 Å². The van der Waals surface area contributed by atoms with Crippen LogP contribution in [0.3, 0.4) is 0 Å². The van der Waals surface area contributed by atoms with Crippen LogP contribution < -0.4 is 16.2 Å². The zero-order chi connectivity index (χ0) is 16.7. The van der Waals surface area contributed by atoms with Crippen LogP contribution in [-0.2, 0) is 4.79 Å². The van der Waals surface area contributed by atoms with E-state index in [0.29, 0.717) is 5.56 Å². The first kappa shape index (κ1) is 17.7. The van der Waals surface area contributed by atoms with E-state index in [1.165, 1.54) is 6.08 Å². The first-order chi connectivity index (χ1) is 10.3. The van der Waals surface area contributed by atoms with Crippen LogP contribution in [0.4, 0.5) is 5.69 Å². The molecule has 5 nitrogen and oxygen atoms in total. The number of anilines is 1. The number of hydrogen-bond donors (Lipinski definition) is 2. The van der Waals surface area contributed by atoms with Crippen LogP contribution in [0.5, 0.6) is 0 Å². The highest BCUT2D eigenvalue weighted by molar-refractivity contribution is 5.99. The fraction of sp³-hybridized carbons (Fsp3) is 0.294. The summed E-state index contributed by atoms with van der Waals surface area (Å²) in [6.45, 7) is 3.67. The summed E-state index contributed by atoms with van der Waals surface area (Å²) in [6, 6.07) is 7.49. The fourth-order valence-corrected chi connectivity index (χ4v) is 1.97. The Morgan fingerprint density at radius 3 is 2.27 bits per heavy atom. The van der Waals surface area contributed by atoms with Crippen molar-refractivity contribution in [3.8, 4) is 0 Å². The van der Waals surface area contributed by atoms with Gasteiger partial charge < -0.3 is 4.90 Å². The van der Waals surface area contributed by atoms with E-state index in [2.05, 4.69) is 0 Å². The highest BCUT2D eigenvalue weighted by Crippen LogP contribution is 2.16. The van der Waals surface area contributed by atoms with Gasteiger partial charge in [-0.15, -0.1) is 0 Å². The Bertz CT molecular complexity index is 586. The molecule has 118 valence electrons. The zero-order valence-electron chi connectivity index (χ0n) is 13.5. The van der Waals surface area contributed by atoms with Crippen molar-refractivity contribution in [2.75, 3.05) is 19.0 Å². The van der Waals surface area contributed by atoms with Gasteiger partial charge in [-0.25, -0.2) is 5.84 Å². The molecule has 5 heteroatoms. The van der Waals surface area contributed by atoms with Crippen molar-refractivity contribution in [1.29, 1.82) is 0 Å². The van der Waals surface area contributed by atoms with Gasteiger partial charge in [0.25, 0.3) is 5.91 Å². The van der Waals surface area contributed by atoms with Gasteiger partial charge in [-0.05, 0) is 31.2 Å². The Morgan fingerprint density at radius 2 is 1.77 bits per heavy atom. The number of nitrogens with zero attached hydrogens (tertiary/aromatic N) is 1. The molecule has 22 heavy (non-hydrogen) atoms. The largest absolute Gasteiger partial charge is 0.378 e. The molecular weight excluding hydrogens is 278 g/mol. The second-order valence-electron chi connectivity index (χ2n) is 5.35. The molecule has 3 N–H and O–H groups in total. The zero-order valence-corrected chi connectivity index (χ0v) is 13.5. The van der Waals surface area contributed by atoms with Gasteiger partial charge in [0.15, 0.2) is 5.78 Å². The highest BCUT2D eigenvalue weighted by Gasteiger charge is 2.13. The van der Waals surface area contributed by atoms with Crippen LogP contribution in [0.25, 0.3) is 0 Å². The summed E-state index contributed by atoms with van der Waals surface area (Å²) in [5, 5.41) is 0. The molecule has 1 aromatic rings. The quantitative estimate of drug-likeness (QED) is 0.211. The van der Waals surface area contributed by atoms with Crippen LogP contribution in [-0.4, -0.2) is 25.8 Å². The molecular formula is C17H23N3O2. The van der Waals surface area contributed by atoms with Crippen LogP contribution in [0, 0.1) is 5.92 Å². The standard InChI is InChI=1S/C17H23N3O2/c1-12(5-10-16(21)19-18)11-13(2)17(22)14-6-8-15(9-7-14)20(3)4/h5-11,13H,18H2,1-4H3,(H,19,21)/b10-5+,12-11+/t13-/m1/s1. The molecule has 0 radical (unpaired) electrons. The maximum Gasteiger partial charge on any atom is 0.257 e. The fourth-order valence-electron chi connectivity index (χ4n) is 1.97. The van der Waals surface area contributed by atoms with Gasteiger partial charge in [-0.1, -0.05) is 24.6 Å². The van der Waals surface area contributed by atoms with Crippen molar-refractivity contribution in [3.05, 3.63) is 53.6 Å². The van der Waals surface area contributed by atoms with E-state index < -0.39 is 0 Å². The van der Waals surface area contributed by atoms with Crippen molar-refractivity contribution in [1.82, 2.24) is 5.43 Å². The number of hydrogen-bond acceptors (Lipinski definition) is 4. The number of Topliss-reactive ketones (excluding diaryl/α,β-unsaturated/α-hetero) is 1. The van der Waals surface area contributed by atoms with E-state index >= 15 is 0 Å². The molecule has 1 amide bonds. The minimum atomic E-state index is -0.383. The minimum Gasteiger partial charge on any atom is -0.378 e. The molecule has 0 fully saturated rings. The van der Waals surface area contributed by atoms with Gasteiger partial charge >= 0.3 is 0 Å². The van der Waals surface area contributed by atoms with Crippen molar-refractivity contribution >= 4 is 17.4 Å². The van der Waals surface area contributed by atoms with Crippen molar-refractivity contribution in [2.24, 2.45) is 11.8 Å². The summed E-state index contributed by atoms with van der Waals surface area (Å²) in [5.74, 6) is 4.38. The summed E-state index contributed by atoms with van der Waals surface area (Å²) in [6.07, 6.45) is 4.78. The summed E-state index contributed by atoms with van der Waals surface area (Å²) in [4.78, 5) is 25.4. The predicted octanol–water partition coefficient (Wildman–Crippen LogP) is 2.06. The van der Waals surface area contributed by atoms with Crippen LogP contribution >= 0.6 is 0 Å². The van der Waals surface area contributed by atoms with Crippen LogP contribution in [0.2, 0.25) is 0 Å². The molecule has 0 aliphatic carbocycles. The van der Waals surface area contributed by atoms with Gasteiger partial charge in [0.1, 0.15) is 0 Å². The Balaban J connectivity index is 2.79. The second kappa shape index (κ2) is 8.14. The summed E-state index contributed by atoms with van der Waals surface area (Å²) < 4.78 is 0. The Kier molecular flexibility index (Phi) is 6.53. The number of carbonyl (C=O) groups excluding carboxylic acids is 2. The lowest BCUT2D eigenvalue weighted by atomic mass is 9.97. The molecule has 1 aromatic carbocycles. The first-order valence-electron chi connectivity index (χ1n) is 7.04. The van der Waals surface area contributed by atoms with Crippen LogP contribution in [0.15, 0.2) is 48.1 Å². The predicted molar refractivity (Wildman–Crippen MR) is 89.5 cm³/mol. The second-order valence-corrected chi connectivity index (χ2v) is 5.35. The number of benzene rings is 1.